The van der Waals surface area contributed by atoms with Crippen LogP contribution >= 0.6 is 7.82 Å². The van der Waals surface area contributed by atoms with Gasteiger partial charge in [0.1, 0.15) is 25.9 Å². The Hall–Kier alpha value is -0.500. The summed E-state index contributed by atoms with van der Waals surface area (Å²) < 4.78 is 33.6. The molecule has 210 valence electrons. The SMILES string of the molecule is CCCCCCCCCCCCCCCCOC(COC(C)=O)COP(=O)(O)OCC[N+](C)(C)C. The second-order valence-corrected chi connectivity index (χ2v) is 12.0. The van der Waals surface area contributed by atoms with Gasteiger partial charge in [-0.1, -0.05) is 90.4 Å². The molecule has 0 fully saturated rings. The first-order valence-electron chi connectivity index (χ1n) is 13.7. The van der Waals surface area contributed by atoms with Gasteiger partial charge in [0.25, 0.3) is 0 Å². The van der Waals surface area contributed by atoms with Crippen LogP contribution in [-0.4, -0.2) is 75.6 Å². The Labute approximate surface area is 215 Å². The predicted octanol–water partition coefficient (Wildman–Crippen LogP) is 6.26. The number of phosphoric ester groups is 1. The smallest absolute Gasteiger partial charge is 0.463 e. The number of quaternary nitrogens is 1. The standard InChI is InChI=1S/C26H54NO7P/c1-6-7-8-9-10-11-12-13-14-15-16-17-18-19-21-31-26(23-32-25(2)28)24-34-35(29,30)33-22-20-27(3,4)5/h26H,6-24H2,1-5H3/p+1. The van der Waals surface area contributed by atoms with E-state index < -0.39 is 19.9 Å². The Bertz CT molecular complexity index is 554. The lowest BCUT2D eigenvalue weighted by Gasteiger charge is -2.24. The molecule has 0 aliphatic rings. The number of rotatable bonds is 25. The first kappa shape index (κ1) is 34.5. The highest BCUT2D eigenvalue weighted by atomic mass is 31.2. The average Bonchev–Trinajstić information content (AvgIpc) is 2.76. The first-order chi connectivity index (χ1) is 16.6. The highest BCUT2D eigenvalue weighted by Crippen LogP contribution is 2.43. The predicted molar refractivity (Wildman–Crippen MR) is 141 cm³/mol. The van der Waals surface area contributed by atoms with Gasteiger partial charge in [0, 0.05) is 13.5 Å². The molecule has 0 amide bonds. The lowest BCUT2D eigenvalue weighted by Crippen LogP contribution is -2.37. The molecule has 0 radical (unpaired) electrons. The van der Waals surface area contributed by atoms with E-state index in [0.717, 1.165) is 12.8 Å². The number of carbonyl (C=O) groups excluding carboxylic acids is 1. The van der Waals surface area contributed by atoms with Crippen molar-refractivity contribution < 1.29 is 37.3 Å². The minimum Gasteiger partial charge on any atom is -0.463 e. The summed E-state index contributed by atoms with van der Waals surface area (Å²) in [5.74, 6) is -0.429. The number of hydrogen-bond acceptors (Lipinski definition) is 6. The van der Waals surface area contributed by atoms with Crippen LogP contribution in [0.1, 0.15) is 104 Å². The number of nitrogens with zero attached hydrogens (tertiary/aromatic N) is 1. The lowest BCUT2D eigenvalue weighted by molar-refractivity contribution is -0.870. The summed E-state index contributed by atoms with van der Waals surface area (Å²) >= 11 is 0. The zero-order valence-corrected chi connectivity index (χ0v) is 24.2. The molecule has 0 aromatic rings. The van der Waals surface area contributed by atoms with Crippen LogP contribution in [0.3, 0.4) is 0 Å². The normalized spacial score (nSPS) is 14.6. The van der Waals surface area contributed by atoms with Crippen molar-refractivity contribution in [2.45, 2.75) is 110 Å². The Morgan fingerprint density at radius 2 is 1.26 bits per heavy atom. The van der Waals surface area contributed by atoms with Gasteiger partial charge in [-0.2, -0.15) is 0 Å². The highest BCUT2D eigenvalue weighted by molar-refractivity contribution is 7.47. The average molecular weight is 525 g/mol. The molecule has 2 atom stereocenters. The van der Waals surface area contributed by atoms with Crippen LogP contribution < -0.4 is 0 Å². The van der Waals surface area contributed by atoms with E-state index in [4.69, 9.17) is 18.5 Å². The molecule has 0 aromatic carbocycles. The van der Waals surface area contributed by atoms with Crippen molar-refractivity contribution in [1.82, 2.24) is 0 Å². The van der Waals surface area contributed by atoms with Crippen LogP contribution in [0, 0.1) is 0 Å². The van der Waals surface area contributed by atoms with Crippen LogP contribution in [0.4, 0.5) is 0 Å². The van der Waals surface area contributed by atoms with Gasteiger partial charge >= 0.3 is 13.8 Å². The van der Waals surface area contributed by atoms with Gasteiger partial charge in [0.05, 0.1) is 27.7 Å². The van der Waals surface area contributed by atoms with Gasteiger partial charge in [-0.3, -0.25) is 13.8 Å². The second kappa shape index (κ2) is 21.6. The molecule has 0 rings (SSSR count). The monoisotopic (exact) mass is 524 g/mol. The van der Waals surface area contributed by atoms with Gasteiger partial charge in [0.15, 0.2) is 0 Å². The number of hydrogen-bond donors (Lipinski definition) is 1. The van der Waals surface area contributed by atoms with E-state index in [1.807, 2.05) is 21.1 Å². The fourth-order valence-corrected chi connectivity index (χ4v) is 4.29. The highest BCUT2D eigenvalue weighted by Gasteiger charge is 2.25. The Morgan fingerprint density at radius 3 is 1.71 bits per heavy atom. The number of unbranched alkanes of at least 4 members (excludes halogenated alkanes) is 13. The molecule has 8 nitrogen and oxygen atoms in total. The van der Waals surface area contributed by atoms with Crippen molar-refractivity contribution in [3.63, 3.8) is 0 Å². The summed E-state index contributed by atoms with van der Waals surface area (Å²) in [5.41, 5.74) is 0. The van der Waals surface area contributed by atoms with E-state index in [0.29, 0.717) is 17.6 Å². The molecule has 9 heteroatoms. The summed E-state index contributed by atoms with van der Waals surface area (Å²) in [4.78, 5) is 21.0. The van der Waals surface area contributed by atoms with E-state index in [-0.39, 0.29) is 19.8 Å². The van der Waals surface area contributed by atoms with Crippen LogP contribution in [-0.2, 0) is 27.9 Å². The van der Waals surface area contributed by atoms with Gasteiger partial charge in [0.2, 0.25) is 0 Å². The van der Waals surface area contributed by atoms with Gasteiger partial charge in [-0.15, -0.1) is 0 Å². The summed E-state index contributed by atoms with van der Waals surface area (Å²) in [6, 6.07) is 0. The van der Waals surface area contributed by atoms with E-state index >= 15 is 0 Å². The maximum Gasteiger partial charge on any atom is 0.472 e. The molecular formula is C26H55NO7P+. The third-order valence-corrected chi connectivity index (χ3v) is 6.75. The molecule has 0 saturated heterocycles. The maximum atomic E-state index is 12.1. The zero-order valence-electron chi connectivity index (χ0n) is 23.3. The van der Waals surface area contributed by atoms with Crippen LogP contribution in [0.25, 0.3) is 0 Å². The molecule has 1 N–H and O–H groups in total. The summed E-state index contributed by atoms with van der Waals surface area (Å²) in [7, 11) is 1.71. The molecule has 0 heterocycles. The number of carbonyl (C=O) groups is 1. The van der Waals surface area contributed by atoms with Crippen LogP contribution in [0.5, 0.6) is 0 Å². The summed E-state index contributed by atoms with van der Waals surface area (Å²) in [5, 5.41) is 0. The first-order valence-corrected chi connectivity index (χ1v) is 15.2. The Kier molecular flexibility index (Phi) is 21.3. The van der Waals surface area contributed by atoms with Crippen molar-refractivity contribution in [3.05, 3.63) is 0 Å². The minimum absolute atomic E-state index is 0.0210. The van der Waals surface area contributed by atoms with E-state index in [1.54, 1.807) is 0 Å². The molecule has 0 spiro atoms. The Morgan fingerprint density at radius 1 is 0.771 bits per heavy atom. The topological polar surface area (TPSA) is 91.3 Å². The van der Waals surface area contributed by atoms with E-state index in [1.165, 1.54) is 84.0 Å². The fourth-order valence-electron chi connectivity index (χ4n) is 3.55. The summed E-state index contributed by atoms with van der Waals surface area (Å²) in [6.07, 6.45) is 17.4. The maximum absolute atomic E-state index is 12.1. The molecule has 0 aromatic heterocycles. The van der Waals surface area contributed by atoms with Gasteiger partial charge < -0.3 is 18.9 Å². The third kappa shape index (κ3) is 26.4. The van der Waals surface area contributed by atoms with E-state index in [2.05, 4.69) is 6.92 Å². The molecular weight excluding hydrogens is 469 g/mol. The van der Waals surface area contributed by atoms with Crippen molar-refractivity contribution in [2.75, 3.05) is 54.1 Å². The van der Waals surface area contributed by atoms with Gasteiger partial charge in [-0.25, -0.2) is 4.57 Å². The van der Waals surface area contributed by atoms with Gasteiger partial charge in [-0.05, 0) is 6.42 Å². The minimum atomic E-state index is -4.19. The molecule has 2 unspecified atom stereocenters. The molecule has 35 heavy (non-hydrogen) atoms. The Balaban J connectivity index is 3.89. The molecule has 0 aliphatic carbocycles. The lowest BCUT2D eigenvalue weighted by atomic mass is 10.0. The zero-order chi connectivity index (χ0) is 26.4. The molecule has 0 aliphatic heterocycles. The number of phosphoric acid groups is 1. The largest absolute Gasteiger partial charge is 0.472 e. The van der Waals surface area contributed by atoms with Crippen molar-refractivity contribution in [3.8, 4) is 0 Å². The third-order valence-electron chi connectivity index (χ3n) is 5.76. The fraction of sp³-hybridized carbons (Fsp3) is 0.962. The quantitative estimate of drug-likeness (QED) is 0.0653. The number of esters is 1. The number of likely N-dealkylation sites (N-methyl/N-ethyl adjacent to an activating group) is 1. The molecule has 0 saturated carbocycles. The van der Waals surface area contributed by atoms with Crippen molar-refractivity contribution in [1.29, 1.82) is 0 Å². The van der Waals surface area contributed by atoms with Crippen LogP contribution in [0.2, 0.25) is 0 Å². The van der Waals surface area contributed by atoms with Crippen LogP contribution in [0.15, 0.2) is 0 Å². The van der Waals surface area contributed by atoms with Crippen molar-refractivity contribution >= 4 is 13.8 Å². The van der Waals surface area contributed by atoms with Crippen molar-refractivity contribution in [2.24, 2.45) is 0 Å². The summed E-state index contributed by atoms with van der Waals surface area (Å²) in [6.45, 7) is 4.54. The second-order valence-electron chi connectivity index (χ2n) is 10.5. The van der Waals surface area contributed by atoms with E-state index in [9.17, 15) is 14.3 Å². The number of ether oxygens (including phenoxy) is 2. The molecule has 0 bridgehead atoms.